The van der Waals surface area contributed by atoms with Crippen molar-refractivity contribution >= 4 is 5.71 Å². The molecule has 2 aliphatic rings. The van der Waals surface area contributed by atoms with Crippen molar-refractivity contribution < 1.29 is 0 Å². The van der Waals surface area contributed by atoms with E-state index in [4.69, 9.17) is 4.99 Å². The summed E-state index contributed by atoms with van der Waals surface area (Å²) in [5, 5.41) is 0. The topological polar surface area (TPSA) is 12.4 Å². The number of aliphatic imine (C=N–C) groups is 1. The standard InChI is InChI=1S/C15H25N/c1-2-3-4-5-10-15-14-9-7-6-8-13(14)11-12-16-15/h2-12H2,1H3. The zero-order chi connectivity index (χ0) is 11.2. The van der Waals surface area contributed by atoms with E-state index in [-0.39, 0.29) is 0 Å². The first kappa shape index (κ1) is 11.9. The Morgan fingerprint density at radius 2 is 1.88 bits per heavy atom. The summed E-state index contributed by atoms with van der Waals surface area (Å²) in [7, 11) is 0. The van der Waals surface area contributed by atoms with Gasteiger partial charge in [-0.05, 0) is 50.5 Å². The molecule has 0 amide bonds. The Balaban J connectivity index is 1.88. The smallest absolute Gasteiger partial charge is 0.0430 e. The van der Waals surface area contributed by atoms with Crippen molar-refractivity contribution in [3.63, 3.8) is 0 Å². The first-order valence-corrected chi connectivity index (χ1v) is 7.16. The number of dihydropyridines is 1. The van der Waals surface area contributed by atoms with Gasteiger partial charge in [0.05, 0.1) is 0 Å². The lowest BCUT2D eigenvalue weighted by molar-refractivity contribution is 0.642. The Labute approximate surface area is 100 Å². The monoisotopic (exact) mass is 219 g/mol. The molecule has 0 aromatic rings. The van der Waals surface area contributed by atoms with Crippen LogP contribution in [0.5, 0.6) is 0 Å². The number of hydrogen-bond donors (Lipinski definition) is 0. The van der Waals surface area contributed by atoms with Gasteiger partial charge in [-0.15, -0.1) is 0 Å². The minimum Gasteiger partial charge on any atom is -0.289 e. The molecule has 0 fully saturated rings. The SMILES string of the molecule is CCCCCCC1=NCCC2=C1CCCC2. The summed E-state index contributed by atoms with van der Waals surface area (Å²) in [6.07, 6.45) is 13.5. The van der Waals surface area contributed by atoms with Crippen molar-refractivity contribution in [3.8, 4) is 0 Å². The fourth-order valence-corrected chi connectivity index (χ4v) is 2.96. The molecule has 0 atom stereocenters. The molecule has 2 rings (SSSR count). The molecule has 1 aliphatic carbocycles. The fraction of sp³-hybridized carbons (Fsp3) is 0.800. The molecule has 0 bridgehead atoms. The third-order valence-corrected chi connectivity index (χ3v) is 3.91. The molecule has 0 aromatic carbocycles. The molecule has 0 N–H and O–H groups in total. The minimum atomic E-state index is 1.07. The Morgan fingerprint density at radius 3 is 2.75 bits per heavy atom. The maximum absolute atomic E-state index is 4.77. The van der Waals surface area contributed by atoms with Crippen LogP contribution in [-0.4, -0.2) is 12.3 Å². The van der Waals surface area contributed by atoms with Gasteiger partial charge >= 0.3 is 0 Å². The fourth-order valence-electron chi connectivity index (χ4n) is 2.96. The first-order chi connectivity index (χ1) is 7.92. The van der Waals surface area contributed by atoms with Gasteiger partial charge in [0, 0.05) is 12.3 Å². The molecule has 1 heteroatoms. The van der Waals surface area contributed by atoms with Crippen LogP contribution in [0, 0.1) is 0 Å². The molecule has 0 saturated carbocycles. The van der Waals surface area contributed by atoms with Crippen LogP contribution in [0.4, 0.5) is 0 Å². The van der Waals surface area contributed by atoms with Gasteiger partial charge in [0.2, 0.25) is 0 Å². The Morgan fingerprint density at radius 1 is 1.00 bits per heavy atom. The van der Waals surface area contributed by atoms with Gasteiger partial charge in [0.1, 0.15) is 0 Å². The van der Waals surface area contributed by atoms with Crippen molar-refractivity contribution in [2.24, 2.45) is 4.99 Å². The number of rotatable bonds is 5. The third-order valence-electron chi connectivity index (χ3n) is 3.91. The molecule has 0 saturated heterocycles. The van der Waals surface area contributed by atoms with Gasteiger partial charge in [0.15, 0.2) is 0 Å². The molecular weight excluding hydrogens is 194 g/mol. The lowest BCUT2D eigenvalue weighted by Gasteiger charge is -2.25. The highest BCUT2D eigenvalue weighted by molar-refractivity contribution is 6.01. The van der Waals surface area contributed by atoms with Gasteiger partial charge in [0.25, 0.3) is 0 Å². The highest BCUT2D eigenvalue weighted by atomic mass is 14.7. The Kier molecular flexibility index (Phi) is 4.62. The zero-order valence-electron chi connectivity index (χ0n) is 10.7. The van der Waals surface area contributed by atoms with Gasteiger partial charge < -0.3 is 0 Å². The average molecular weight is 219 g/mol. The number of nitrogens with zero attached hydrogens (tertiary/aromatic N) is 1. The Hall–Kier alpha value is -0.590. The summed E-state index contributed by atoms with van der Waals surface area (Å²) >= 11 is 0. The van der Waals surface area contributed by atoms with Crippen molar-refractivity contribution in [3.05, 3.63) is 11.1 Å². The maximum atomic E-state index is 4.77. The van der Waals surface area contributed by atoms with Crippen LogP contribution < -0.4 is 0 Å². The van der Waals surface area contributed by atoms with E-state index in [1.807, 2.05) is 0 Å². The van der Waals surface area contributed by atoms with E-state index < -0.39 is 0 Å². The summed E-state index contributed by atoms with van der Waals surface area (Å²) in [4.78, 5) is 4.77. The van der Waals surface area contributed by atoms with Crippen LogP contribution >= 0.6 is 0 Å². The molecule has 0 unspecified atom stereocenters. The first-order valence-electron chi connectivity index (χ1n) is 7.16. The van der Waals surface area contributed by atoms with Gasteiger partial charge in [-0.25, -0.2) is 0 Å². The van der Waals surface area contributed by atoms with Crippen molar-refractivity contribution in [1.82, 2.24) is 0 Å². The average Bonchev–Trinajstić information content (AvgIpc) is 2.35. The second kappa shape index (κ2) is 6.22. The van der Waals surface area contributed by atoms with Gasteiger partial charge in [-0.3, -0.25) is 4.99 Å². The lowest BCUT2D eigenvalue weighted by Crippen LogP contribution is -2.16. The molecule has 16 heavy (non-hydrogen) atoms. The van der Waals surface area contributed by atoms with Crippen LogP contribution in [0.2, 0.25) is 0 Å². The van der Waals surface area contributed by atoms with E-state index in [1.54, 1.807) is 11.1 Å². The highest BCUT2D eigenvalue weighted by Gasteiger charge is 2.19. The second-order valence-electron chi connectivity index (χ2n) is 5.18. The molecule has 1 heterocycles. The van der Waals surface area contributed by atoms with Crippen LogP contribution in [0.25, 0.3) is 0 Å². The van der Waals surface area contributed by atoms with Crippen LogP contribution in [0.3, 0.4) is 0 Å². The summed E-state index contributed by atoms with van der Waals surface area (Å²) in [5.74, 6) is 0. The van der Waals surface area contributed by atoms with Crippen LogP contribution in [0.15, 0.2) is 16.1 Å². The van der Waals surface area contributed by atoms with E-state index in [1.165, 1.54) is 69.9 Å². The number of hydrogen-bond acceptors (Lipinski definition) is 1. The maximum Gasteiger partial charge on any atom is 0.0430 e. The summed E-state index contributed by atoms with van der Waals surface area (Å²) < 4.78 is 0. The quantitative estimate of drug-likeness (QED) is 0.596. The van der Waals surface area contributed by atoms with Crippen LogP contribution in [0.1, 0.15) is 71.1 Å². The molecule has 90 valence electrons. The van der Waals surface area contributed by atoms with Crippen molar-refractivity contribution in [2.75, 3.05) is 6.54 Å². The number of unbranched alkanes of at least 4 members (excludes halogenated alkanes) is 3. The largest absolute Gasteiger partial charge is 0.289 e. The summed E-state index contributed by atoms with van der Waals surface area (Å²) in [6, 6.07) is 0. The zero-order valence-corrected chi connectivity index (χ0v) is 10.7. The van der Waals surface area contributed by atoms with E-state index >= 15 is 0 Å². The van der Waals surface area contributed by atoms with Gasteiger partial charge in [-0.1, -0.05) is 31.8 Å². The van der Waals surface area contributed by atoms with E-state index in [2.05, 4.69) is 6.92 Å². The summed E-state index contributed by atoms with van der Waals surface area (Å²) in [6.45, 7) is 3.35. The molecule has 0 aromatic heterocycles. The minimum absolute atomic E-state index is 1.07. The molecule has 1 nitrogen and oxygen atoms in total. The second-order valence-corrected chi connectivity index (χ2v) is 5.18. The van der Waals surface area contributed by atoms with Gasteiger partial charge in [-0.2, -0.15) is 0 Å². The molecule has 1 aliphatic heterocycles. The normalized spacial score (nSPS) is 20.7. The van der Waals surface area contributed by atoms with E-state index in [0.717, 1.165) is 6.54 Å². The Bertz CT molecular complexity index is 286. The van der Waals surface area contributed by atoms with Crippen molar-refractivity contribution in [1.29, 1.82) is 0 Å². The van der Waals surface area contributed by atoms with Crippen molar-refractivity contribution in [2.45, 2.75) is 71.1 Å². The third kappa shape index (κ3) is 2.96. The van der Waals surface area contributed by atoms with E-state index in [9.17, 15) is 0 Å². The molecule has 0 spiro atoms. The molecule has 0 radical (unpaired) electrons. The number of allylic oxidation sites excluding steroid dienone is 1. The highest BCUT2D eigenvalue weighted by Crippen LogP contribution is 2.31. The summed E-state index contributed by atoms with van der Waals surface area (Å²) in [5.41, 5.74) is 4.91. The molecular formula is C15H25N. The lowest BCUT2D eigenvalue weighted by atomic mass is 9.84. The predicted molar refractivity (Wildman–Crippen MR) is 71.2 cm³/mol. The van der Waals surface area contributed by atoms with Crippen LogP contribution in [-0.2, 0) is 0 Å². The predicted octanol–water partition coefficient (Wildman–Crippen LogP) is 4.67. The van der Waals surface area contributed by atoms with E-state index in [0.29, 0.717) is 0 Å².